The summed E-state index contributed by atoms with van der Waals surface area (Å²) < 4.78 is 10.6. The zero-order chi connectivity index (χ0) is 18.5. The molecule has 1 aromatic heterocycles. The van der Waals surface area contributed by atoms with Crippen molar-refractivity contribution in [3.8, 4) is 5.75 Å². The van der Waals surface area contributed by atoms with Crippen molar-refractivity contribution >= 4 is 34.2 Å². The fourth-order valence-electron chi connectivity index (χ4n) is 2.23. The molecule has 0 unspecified atom stereocenters. The molecule has 7 heteroatoms. The van der Waals surface area contributed by atoms with Gasteiger partial charge in [0.2, 0.25) is 0 Å². The van der Waals surface area contributed by atoms with E-state index >= 15 is 0 Å². The molecule has 132 valence electrons. The lowest BCUT2D eigenvalue weighted by molar-refractivity contribution is -0.123. The average molecular weight is 371 g/mol. The maximum absolute atomic E-state index is 12.1. The molecule has 3 rings (SSSR count). The van der Waals surface area contributed by atoms with Gasteiger partial charge in [-0.2, -0.15) is 5.10 Å². The molecular formula is C19H15ClN2O4. The molecule has 1 amide bonds. The molecule has 3 aromatic rings. The minimum Gasteiger partial charge on any atom is -0.484 e. The summed E-state index contributed by atoms with van der Waals surface area (Å²) >= 11 is 5.78. The summed E-state index contributed by atoms with van der Waals surface area (Å²) in [5.41, 5.74) is 2.95. The molecule has 0 aliphatic heterocycles. The van der Waals surface area contributed by atoms with Crippen LogP contribution in [0.5, 0.6) is 5.75 Å². The van der Waals surface area contributed by atoms with E-state index in [1.807, 2.05) is 12.1 Å². The van der Waals surface area contributed by atoms with Gasteiger partial charge in [0, 0.05) is 10.4 Å². The first-order valence-corrected chi connectivity index (χ1v) is 8.15. The van der Waals surface area contributed by atoms with Crippen LogP contribution in [0.4, 0.5) is 0 Å². The topological polar surface area (TPSA) is 80.9 Å². The van der Waals surface area contributed by atoms with E-state index in [-0.39, 0.29) is 12.2 Å². The lowest BCUT2D eigenvalue weighted by Gasteiger charge is -2.06. The van der Waals surface area contributed by atoms with E-state index in [2.05, 4.69) is 10.5 Å². The summed E-state index contributed by atoms with van der Waals surface area (Å²) in [6.45, 7) is 1.39. The first kappa shape index (κ1) is 17.7. The number of rotatable bonds is 5. The normalized spacial score (nSPS) is 11.4. The Bertz CT molecular complexity index is 1030. The second-order valence-electron chi connectivity index (χ2n) is 5.46. The first-order chi connectivity index (χ1) is 12.5. The first-order valence-electron chi connectivity index (χ1n) is 7.78. The quantitative estimate of drug-likeness (QED) is 0.424. The van der Waals surface area contributed by atoms with Gasteiger partial charge >= 0.3 is 5.63 Å². The van der Waals surface area contributed by atoms with Crippen LogP contribution in [0.25, 0.3) is 11.0 Å². The van der Waals surface area contributed by atoms with E-state index < -0.39 is 11.5 Å². The minimum atomic E-state index is -0.517. The van der Waals surface area contributed by atoms with E-state index in [1.54, 1.807) is 49.4 Å². The standard InChI is InChI=1S/C19H15ClN2O4/c1-12(16-10-13-4-2-3-5-17(13)26-19(16)24)21-22-18(23)11-25-15-8-6-14(20)7-9-15/h2-10H,11H2,1H3,(H,22,23)/b21-12-. The van der Waals surface area contributed by atoms with E-state index in [4.69, 9.17) is 20.8 Å². The maximum atomic E-state index is 12.1. The van der Waals surface area contributed by atoms with Crippen LogP contribution in [0, 0.1) is 0 Å². The van der Waals surface area contributed by atoms with Crippen LogP contribution in [-0.2, 0) is 4.79 Å². The van der Waals surface area contributed by atoms with Crippen molar-refractivity contribution in [1.29, 1.82) is 0 Å². The van der Waals surface area contributed by atoms with Gasteiger partial charge in [0.25, 0.3) is 5.91 Å². The number of nitrogens with one attached hydrogen (secondary N) is 1. The Labute approximate surface area is 154 Å². The molecule has 0 aliphatic carbocycles. The van der Waals surface area contributed by atoms with Crippen LogP contribution in [0.3, 0.4) is 0 Å². The van der Waals surface area contributed by atoms with Crippen LogP contribution < -0.4 is 15.8 Å². The number of carbonyl (C=O) groups is 1. The van der Waals surface area contributed by atoms with Crippen molar-refractivity contribution in [3.63, 3.8) is 0 Å². The molecule has 0 radical (unpaired) electrons. The number of carbonyl (C=O) groups excluding carboxylic acids is 1. The molecule has 0 spiro atoms. The Morgan fingerprint density at radius 1 is 1.19 bits per heavy atom. The van der Waals surface area contributed by atoms with Gasteiger partial charge in [-0.05, 0) is 43.3 Å². The largest absolute Gasteiger partial charge is 0.484 e. The highest BCUT2D eigenvalue weighted by molar-refractivity contribution is 6.30. The molecular weight excluding hydrogens is 356 g/mol. The summed E-state index contributed by atoms with van der Waals surface area (Å²) in [6, 6.07) is 15.5. The number of nitrogens with zero attached hydrogens (tertiary/aromatic N) is 1. The molecule has 0 atom stereocenters. The second kappa shape index (κ2) is 7.84. The smallest absolute Gasteiger partial charge is 0.345 e. The molecule has 26 heavy (non-hydrogen) atoms. The maximum Gasteiger partial charge on any atom is 0.345 e. The predicted octanol–water partition coefficient (Wildman–Crippen LogP) is 3.37. The Morgan fingerprint density at radius 2 is 1.92 bits per heavy atom. The molecule has 0 aliphatic rings. The van der Waals surface area contributed by atoms with Gasteiger partial charge in [-0.3, -0.25) is 4.79 Å². The van der Waals surface area contributed by atoms with E-state index in [0.717, 1.165) is 5.39 Å². The van der Waals surface area contributed by atoms with Gasteiger partial charge in [0.1, 0.15) is 11.3 Å². The monoisotopic (exact) mass is 370 g/mol. The zero-order valence-corrected chi connectivity index (χ0v) is 14.6. The summed E-state index contributed by atoms with van der Waals surface area (Å²) in [7, 11) is 0. The molecule has 1 N–H and O–H groups in total. The minimum absolute atomic E-state index is 0.218. The average Bonchev–Trinajstić information content (AvgIpc) is 2.65. The number of hydrazone groups is 1. The Morgan fingerprint density at radius 3 is 2.69 bits per heavy atom. The number of ether oxygens (including phenoxy) is 1. The summed E-state index contributed by atoms with van der Waals surface area (Å²) in [4.78, 5) is 23.9. The van der Waals surface area contributed by atoms with Gasteiger partial charge in [-0.25, -0.2) is 10.2 Å². The fourth-order valence-corrected chi connectivity index (χ4v) is 2.36. The Kier molecular flexibility index (Phi) is 5.34. The van der Waals surface area contributed by atoms with E-state index in [0.29, 0.717) is 22.1 Å². The fraction of sp³-hybridized carbons (Fsp3) is 0.105. The molecule has 1 heterocycles. The molecule has 0 bridgehead atoms. The van der Waals surface area contributed by atoms with E-state index in [1.165, 1.54) is 0 Å². The highest BCUT2D eigenvalue weighted by Crippen LogP contribution is 2.15. The number of hydrogen-bond donors (Lipinski definition) is 1. The number of hydrogen-bond acceptors (Lipinski definition) is 5. The third-order valence-electron chi connectivity index (χ3n) is 3.56. The number of benzene rings is 2. The van der Waals surface area contributed by atoms with Crippen LogP contribution in [-0.4, -0.2) is 18.2 Å². The third kappa shape index (κ3) is 4.29. The van der Waals surface area contributed by atoms with Gasteiger partial charge in [0.05, 0.1) is 11.3 Å². The van der Waals surface area contributed by atoms with Crippen molar-refractivity contribution in [2.75, 3.05) is 6.61 Å². The van der Waals surface area contributed by atoms with Gasteiger partial charge in [-0.1, -0.05) is 29.8 Å². The molecule has 0 fully saturated rings. The van der Waals surface area contributed by atoms with Gasteiger partial charge in [-0.15, -0.1) is 0 Å². The van der Waals surface area contributed by atoms with Crippen molar-refractivity contribution < 1.29 is 13.9 Å². The Balaban J connectivity index is 1.66. The number of amides is 1. The molecule has 0 saturated heterocycles. The van der Waals surface area contributed by atoms with Crippen molar-refractivity contribution in [2.45, 2.75) is 6.92 Å². The Hall–Kier alpha value is -3.12. The van der Waals surface area contributed by atoms with Crippen molar-refractivity contribution in [1.82, 2.24) is 5.43 Å². The summed E-state index contributed by atoms with van der Waals surface area (Å²) in [6.07, 6.45) is 0. The SMILES string of the molecule is C/C(=N/NC(=O)COc1ccc(Cl)cc1)c1cc2ccccc2oc1=O. The number of fused-ring (bicyclic) bond motifs is 1. The van der Waals surface area contributed by atoms with Gasteiger partial charge < -0.3 is 9.15 Å². The van der Waals surface area contributed by atoms with E-state index in [9.17, 15) is 9.59 Å². The molecule has 2 aromatic carbocycles. The second-order valence-corrected chi connectivity index (χ2v) is 5.90. The summed E-state index contributed by atoms with van der Waals surface area (Å²) in [5.74, 6) is 0.0601. The molecule has 0 saturated carbocycles. The summed E-state index contributed by atoms with van der Waals surface area (Å²) in [5, 5.41) is 5.30. The van der Waals surface area contributed by atoms with Crippen LogP contribution >= 0.6 is 11.6 Å². The third-order valence-corrected chi connectivity index (χ3v) is 3.82. The van der Waals surface area contributed by atoms with Crippen LogP contribution in [0.15, 0.2) is 68.9 Å². The highest BCUT2D eigenvalue weighted by atomic mass is 35.5. The molecule has 6 nitrogen and oxygen atoms in total. The zero-order valence-electron chi connectivity index (χ0n) is 13.9. The lowest BCUT2D eigenvalue weighted by atomic mass is 10.1. The highest BCUT2D eigenvalue weighted by Gasteiger charge is 2.09. The number of para-hydroxylation sites is 1. The van der Waals surface area contributed by atoms with Gasteiger partial charge in [0.15, 0.2) is 6.61 Å². The van der Waals surface area contributed by atoms with Crippen LogP contribution in [0.2, 0.25) is 5.02 Å². The predicted molar refractivity (Wildman–Crippen MR) is 99.8 cm³/mol. The van der Waals surface area contributed by atoms with Crippen molar-refractivity contribution in [3.05, 3.63) is 75.6 Å². The van der Waals surface area contributed by atoms with Crippen LogP contribution in [0.1, 0.15) is 12.5 Å². The number of halogens is 1. The van der Waals surface area contributed by atoms with Crippen molar-refractivity contribution in [2.24, 2.45) is 5.10 Å². The lowest BCUT2D eigenvalue weighted by Crippen LogP contribution is -2.26.